The number of rotatable bonds is 12. The number of carbonyl (C=O) groups is 4. The lowest BCUT2D eigenvalue weighted by Crippen LogP contribution is -2.39. The average molecular weight is 524 g/mol. The number of esters is 3. The van der Waals surface area contributed by atoms with Gasteiger partial charge in [0.1, 0.15) is 18.2 Å². The quantitative estimate of drug-likeness (QED) is 0.311. The third kappa shape index (κ3) is 9.35. The monoisotopic (exact) mass is 523 g/mol. The number of nitrogens with two attached hydrogens (primary N) is 1. The molecule has 0 saturated heterocycles. The maximum Gasteiger partial charge on any atom is 0.508 e. The van der Waals surface area contributed by atoms with Gasteiger partial charge in [0.25, 0.3) is 0 Å². The van der Waals surface area contributed by atoms with Crippen molar-refractivity contribution >= 4 is 24.1 Å². The van der Waals surface area contributed by atoms with E-state index in [1.165, 1.54) is 19.2 Å². The predicted octanol–water partition coefficient (Wildman–Crippen LogP) is 4.34. The van der Waals surface area contributed by atoms with Crippen molar-refractivity contribution in [1.82, 2.24) is 0 Å². The van der Waals surface area contributed by atoms with Crippen LogP contribution in [0.2, 0.25) is 0 Å². The predicted molar refractivity (Wildman–Crippen MR) is 136 cm³/mol. The van der Waals surface area contributed by atoms with Gasteiger partial charge in [0, 0.05) is 0 Å². The van der Waals surface area contributed by atoms with Crippen molar-refractivity contribution in [1.29, 1.82) is 0 Å². The molecule has 0 fully saturated rings. The van der Waals surface area contributed by atoms with E-state index in [2.05, 4.69) is 4.74 Å². The molecule has 3 atom stereocenters. The molecule has 0 unspecified atom stereocenters. The fourth-order valence-corrected chi connectivity index (χ4v) is 2.61. The molecule has 37 heavy (non-hydrogen) atoms. The average Bonchev–Trinajstić information content (AvgIpc) is 2.84. The molecular weight excluding hydrogens is 482 g/mol. The summed E-state index contributed by atoms with van der Waals surface area (Å²) in [6.45, 7) is 13.9. The Labute approximate surface area is 219 Å². The maximum atomic E-state index is 12.8. The normalized spacial score (nSPS) is 14.1. The molecule has 0 bridgehead atoms. The first-order valence-corrected chi connectivity index (χ1v) is 12.4. The first-order valence-electron chi connectivity index (χ1n) is 12.4. The molecule has 2 N–H and O–H groups in total. The van der Waals surface area contributed by atoms with Crippen LogP contribution in [0.15, 0.2) is 18.2 Å². The van der Waals surface area contributed by atoms with Gasteiger partial charge < -0.3 is 29.4 Å². The van der Waals surface area contributed by atoms with Crippen molar-refractivity contribution in [3.63, 3.8) is 0 Å². The Hall–Kier alpha value is -3.14. The Kier molecular flexibility index (Phi) is 11.6. The number of benzene rings is 1. The molecular formula is C27H41NO9. The highest BCUT2D eigenvalue weighted by molar-refractivity contribution is 5.81. The summed E-state index contributed by atoms with van der Waals surface area (Å²) in [5, 5.41) is 0. The van der Waals surface area contributed by atoms with E-state index in [1.807, 2.05) is 13.8 Å². The van der Waals surface area contributed by atoms with Crippen LogP contribution in [0.1, 0.15) is 73.8 Å². The van der Waals surface area contributed by atoms with Crippen LogP contribution >= 0.6 is 0 Å². The number of hydrogen-bond donors (Lipinski definition) is 1. The Morgan fingerprint density at radius 3 is 1.81 bits per heavy atom. The molecule has 0 spiro atoms. The van der Waals surface area contributed by atoms with Gasteiger partial charge in [-0.25, -0.2) is 4.79 Å². The summed E-state index contributed by atoms with van der Waals surface area (Å²) in [4.78, 5) is 49.2. The summed E-state index contributed by atoms with van der Waals surface area (Å²) >= 11 is 0. The molecule has 0 aromatic heterocycles. The number of carbonyl (C=O) groups excluding carboxylic acids is 4. The molecule has 0 heterocycles. The molecule has 0 saturated carbocycles. The lowest BCUT2D eigenvalue weighted by atomic mass is 9.90. The minimum absolute atomic E-state index is 0.0498. The van der Waals surface area contributed by atoms with Gasteiger partial charge in [-0.2, -0.15) is 0 Å². The summed E-state index contributed by atoms with van der Waals surface area (Å²) in [6.07, 6.45) is -1.27. The molecule has 10 nitrogen and oxygen atoms in total. The van der Waals surface area contributed by atoms with E-state index in [-0.39, 0.29) is 17.9 Å². The fourth-order valence-electron chi connectivity index (χ4n) is 2.61. The van der Waals surface area contributed by atoms with E-state index < -0.39 is 53.1 Å². The molecule has 208 valence electrons. The molecule has 1 rings (SSSR count). The third-order valence-electron chi connectivity index (χ3n) is 6.46. The van der Waals surface area contributed by atoms with Crippen LogP contribution in [-0.4, -0.2) is 49.4 Å². The third-order valence-corrected chi connectivity index (χ3v) is 6.46. The van der Waals surface area contributed by atoms with Crippen LogP contribution in [0.3, 0.4) is 0 Å². The van der Waals surface area contributed by atoms with Crippen molar-refractivity contribution < 1.29 is 42.9 Å². The number of ether oxygens (including phenoxy) is 5. The zero-order valence-electron chi connectivity index (χ0n) is 23.3. The van der Waals surface area contributed by atoms with Crippen LogP contribution in [-0.2, 0) is 35.0 Å². The molecule has 0 amide bonds. The van der Waals surface area contributed by atoms with Gasteiger partial charge in [-0.15, -0.1) is 0 Å². The van der Waals surface area contributed by atoms with E-state index in [0.717, 1.165) is 0 Å². The van der Waals surface area contributed by atoms with Crippen molar-refractivity contribution in [3.8, 4) is 11.5 Å². The largest absolute Gasteiger partial charge is 0.508 e. The second kappa shape index (κ2) is 13.4. The highest BCUT2D eigenvalue weighted by Crippen LogP contribution is 2.34. The fraction of sp³-hybridized carbons (Fsp3) is 0.630. The summed E-state index contributed by atoms with van der Waals surface area (Å²) in [6, 6.07) is 3.60. The highest BCUT2D eigenvalue weighted by atomic mass is 16.7. The van der Waals surface area contributed by atoms with Crippen molar-refractivity contribution in [2.24, 2.45) is 16.6 Å². The van der Waals surface area contributed by atoms with E-state index in [9.17, 15) is 19.2 Å². The van der Waals surface area contributed by atoms with Crippen molar-refractivity contribution in [2.75, 3.05) is 7.11 Å². The first-order chi connectivity index (χ1) is 17.1. The van der Waals surface area contributed by atoms with E-state index >= 15 is 0 Å². The Morgan fingerprint density at radius 2 is 1.32 bits per heavy atom. The Balaban J connectivity index is 3.11. The molecule has 0 radical (unpaired) electrons. The number of methoxy groups -OCH3 is 1. The van der Waals surface area contributed by atoms with E-state index in [1.54, 1.807) is 47.6 Å². The lowest BCUT2D eigenvalue weighted by Gasteiger charge is -2.24. The number of hydrogen-bond acceptors (Lipinski definition) is 10. The topological polar surface area (TPSA) is 140 Å². The smallest absolute Gasteiger partial charge is 0.458 e. The molecule has 10 heteroatoms. The first kappa shape index (κ1) is 31.9. The molecule has 0 aliphatic heterocycles. The maximum absolute atomic E-state index is 12.8. The van der Waals surface area contributed by atoms with Gasteiger partial charge in [-0.3, -0.25) is 14.4 Å². The minimum Gasteiger partial charge on any atom is -0.458 e. The van der Waals surface area contributed by atoms with Gasteiger partial charge in [0.15, 0.2) is 11.5 Å². The van der Waals surface area contributed by atoms with Crippen LogP contribution in [0.4, 0.5) is 4.79 Å². The molecule has 0 aliphatic rings. The van der Waals surface area contributed by atoms with Crippen LogP contribution < -0.4 is 15.2 Å². The highest BCUT2D eigenvalue weighted by Gasteiger charge is 2.32. The SMILES string of the molecule is CCC(C)(C)C(=O)Oc1ccc(C[C@H](N)C(=O)O[C@@H](C)[C@H](C)OC(=O)OC)cc1OC(=O)C(C)(C)CC. The Bertz CT molecular complexity index is 971. The summed E-state index contributed by atoms with van der Waals surface area (Å²) < 4.78 is 25.9. The second-order valence-corrected chi connectivity index (χ2v) is 10.3. The zero-order valence-corrected chi connectivity index (χ0v) is 23.3. The van der Waals surface area contributed by atoms with Crippen molar-refractivity contribution in [3.05, 3.63) is 23.8 Å². The zero-order chi connectivity index (χ0) is 28.6. The van der Waals surface area contributed by atoms with Gasteiger partial charge in [-0.1, -0.05) is 19.9 Å². The van der Waals surface area contributed by atoms with Crippen LogP contribution in [0, 0.1) is 10.8 Å². The van der Waals surface area contributed by atoms with Gasteiger partial charge >= 0.3 is 24.1 Å². The van der Waals surface area contributed by atoms with Gasteiger partial charge in [0.05, 0.1) is 17.9 Å². The van der Waals surface area contributed by atoms with Gasteiger partial charge in [0.2, 0.25) is 0 Å². The summed E-state index contributed by atoms with van der Waals surface area (Å²) in [5.74, 6) is -1.52. The van der Waals surface area contributed by atoms with Crippen LogP contribution in [0.25, 0.3) is 0 Å². The van der Waals surface area contributed by atoms with E-state index in [0.29, 0.717) is 18.4 Å². The molecule has 1 aromatic rings. The van der Waals surface area contributed by atoms with Crippen LogP contribution in [0.5, 0.6) is 11.5 Å². The standard InChI is InChI=1S/C27H41NO9/c1-10-26(5,6)23(30)36-20-13-12-18(15-21(20)37-24(31)27(7,8)11-2)14-19(28)22(29)34-16(3)17(4)35-25(32)33-9/h12-13,15-17,19H,10-11,14,28H2,1-9H3/t16-,17-,19-/m0/s1. The lowest BCUT2D eigenvalue weighted by molar-refractivity contribution is -0.155. The summed E-state index contributed by atoms with van der Waals surface area (Å²) in [5.41, 5.74) is 5.12. The summed E-state index contributed by atoms with van der Waals surface area (Å²) in [7, 11) is 1.17. The van der Waals surface area contributed by atoms with E-state index in [4.69, 9.17) is 24.7 Å². The minimum atomic E-state index is -1.06. The molecule has 1 aromatic carbocycles. The van der Waals surface area contributed by atoms with Gasteiger partial charge in [-0.05, 0) is 78.5 Å². The van der Waals surface area contributed by atoms with Crippen molar-refractivity contribution in [2.45, 2.75) is 92.9 Å². The Morgan fingerprint density at radius 1 is 0.838 bits per heavy atom. The second-order valence-electron chi connectivity index (χ2n) is 10.3. The molecule has 0 aliphatic carbocycles.